The molecule has 0 heterocycles. The molecule has 0 aliphatic rings. The van der Waals surface area contributed by atoms with Crippen LogP contribution in [0.1, 0.15) is 18.6 Å². The fraction of sp³-hybridized carbons (Fsp3) is 0.211. The Kier molecular flexibility index (Phi) is 6.73. The van der Waals surface area contributed by atoms with Crippen molar-refractivity contribution >= 4 is 17.9 Å². The first kappa shape index (κ1) is 19.0. The number of urea groups is 1. The number of ether oxygens (including phenoxy) is 2. The summed E-state index contributed by atoms with van der Waals surface area (Å²) >= 11 is 0. The van der Waals surface area contributed by atoms with E-state index in [1.807, 2.05) is 6.07 Å². The molecule has 0 spiro atoms. The monoisotopic (exact) mass is 356 g/mol. The largest absolute Gasteiger partial charge is 0.479 e. The summed E-state index contributed by atoms with van der Waals surface area (Å²) in [4.78, 5) is 36.1. The number of carbonyl (C=O) groups is 3. The van der Waals surface area contributed by atoms with Gasteiger partial charge in [-0.3, -0.25) is 10.1 Å². The summed E-state index contributed by atoms with van der Waals surface area (Å²) in [5.41, 5.74) is 0.439. The van der Waals surface area contributed by atoms with E-state index in [2.05, 4.69) is 10.6 Å². The highest BCUT2D eigenvalue weighted by Gasteiger charge is 2.29. The Morgan fingerprint density at radius 1 is 0.923 bits per heavy atom. The van der Waals surface area contributed by atoms with Crippen molar-refractivity contribution in [2.24, 2.45) is 0 Å². The Labute approximate surface area is 151 Å². The lowest BCUT2D eigenvalue weighted by Crippen LogP contribution is -2.42. The summed E-state index contributed by atoms with van der Waals surface area (Å²) in [6.07, 6.45) is -2.21. The molecule has 0 unspecified atom stereocenters. The lowest BCUT2D eigenvalue weighted by Gasteiger charge is -2.20. The molecule has 0 saturated carbocycles. The molecule has 2 aromatic rings. The lowest BCUT2D eigenvalue weighted by atomic mass is 10.1. The third-order valence-electron chi connectivity index (χ3n) is 3.43. The van der Waals surface area contributed by atoms with E-state index in [4.69, 9.17) is 9.47 Å². The van der Waals surface area contributed by atoms with Crippen LogP contribution in [0.3, 0.4) is 0 Å². The van der Waals surface area contributed by atoms with E-state index in [0.29, 0.717) is 11.3 Å². The van der Waals surface area contributed by atoms with Gasteiger partial charge in [-0.05, 0) is 19.1 Å². The van der Waals surface area contributed by atoms with Gasteiger partial charge in [-0.2, -0.15) is 0 Å². The number of rotatable bonds is 6. The fourth-order valence-electron chi connectivity index (χ4n) is 2.10. The summed E-state index contributed by atoms with van der Waals surface area (Å²) < 4.78 is 10.8. The normalized spacial score (nSPS) is 12.4. The number of benzene rings is 2. The Hall–Kier alpha value is -3.35. The predicted octanol–water partition coefficient (Wildman–Crippen LogP) is 2.19. The summed E-state index contributed by atoms with van der Waals surface area (Å²) in [5, 5.41) is 4.39. The molecule has 2 N–H and O–H groups in total. The van der Waals surface area contributed by atoms with Gasteiger partial charge < -0.3 is 14.8 Å². The van der Waals surface area contributed by atoms with Gasteiger partial charge in [-0.25, -0.2) is 9.59 Å². The highest BCUT2D eigenvalue weighted by molar-refractivity contribution is 5.97. The van der Waals surface area contributed by atoms with E-state index in [0.717, 1.165) is 0 Å². The van der Waals surface area contributed by atoms with Gasteiger partial charge in [-0.1, -0.05) is 48.5 Å². The Morgan fingerprint density at radius 3 is 2.08 bits per heavy atom. The molecule has 0 radical (unpaired) electrons. The standard InChI is InChI=1S/C19H20N2O5/c1-13(25-15-11-7-4-8-12-15)18(23)26-16(14-9-5-3-6-10-14)17(22)21-19(24)20-2/h3-13,16H,1-2H3,(H2,20,21,22,24)/t13-,16-/m1/s1. The third-order valence-corrected chi connectivity index (χ3v) is 3.43. The van der Waals surface area contributed by atoms with Crippen molar-refractivity contribution in [3.63, 3.8) is 0 Å². The van der Waals surface area contributed by atoms with Gasteiger partial charge in [0.1, 0.15) is 5.75 Å². The molecule has 2 atom stereocenters. The van der Waals surface area contributed by atoms with Gasteiger partial charge in [0, 0.05) is 12.6 Å². The summed E-state index contributed by atoms with van der Waals surface area (Å²) in [7, 11) is 1.38. The second-order valence-corrected chi connectivity index (χ2v) is 5.37. The quantitative estimate of drug-likeness (QED) is 0.774. The number of amides is 3. The highest BCUT2D eigenvalue weighted by Crippen LogP contribution is 2.20. The first-order valence-corrected chi connectivity index (χ1v) is 8.01. The predicted molar refractivity (Wildman–Crippen MR) is 94.4 cm³/mol. The van der Waals surface area contributed by atoms with Gasteiger partial charge in [0.2, 0.25) is 6.10 Å². The van der Waals surface area contributed by atoms with Crippen LogP contribution in [0, 0.1) is 0 Å². The molecule has 0 fully saturated rings. The number of carbonyl (C=O) groups excluding carboxylic acids is 3. The van der Waals surface area contributed by atoms with Crippen LogP contribution in [-0.2, 0) is 14.3 Å². The molecule has 26 heavy (non-hydrogen) atoms. The van der Waals surface area contributed by atoms with Gasteiger partial charge in [0.25, 0.3) is 5.91 Å². The molecule has 0 bridgehead atoms. The average molecular weight is 356 g/mol. The summed E-state index contributed by atoms with van der Waals surface area (Å²) in [6.45, 7) is 1.52. The van der Waals surface area contributed by atoms with Crippen LogP contribution in [-0.4, -0.2) is 31.1 Å². The number of para-hydroxylation sites is 1. The second-order valence-electron chi connectivity index (χ2n) is 5.37. The Bertz CT molecular complexity index is 749. The van der Waals surface area contributed by atoms with E-state index in [-0.39, 0.29) is 0 Å². The molecule has 0 aliphatic heterocycles. The van der Waals surface area contributed by atoms with Crippen LogP contribution in [0.15, 0.2) is 60.7 Å². The number of hydrogen-bond donors (Lipinski definition) is 2. The minimum atomic E-state index is -1.28. The molecule has 0 aliphatic carbocycles. The number of hydrogen-bond acceptors (Lipinski definition) is 5. The summed E-state index contributed by atoms with van der Waals surface area (Å²) in [6, 6.07) is 16.5. The maximum absolute atomic E-state index is 12.4. The second kappa shape index (κ2) is 9.22. The zero-order chi connectivity index (χ0) is 18.9. The van der Waals surface area contributed by atoms with E-state index in [1.165, 1.54) is 14.0 Å². The minimum absolute atomic E-state index is 0.439. The maximum Gasteiger partial charge on any atom is 0.348 e. The van der Waals surface area contributed by atoms with Crippen LogP contribution in [0.5, 0.6) is 5.75 Å². The van der Waals surface area contributed by atoms with Crippen LogP contribution in [0.25, 0.3) is 0 Å². The third kappa shape index (κ3) is 5.34. The van der Waals surface area contributed by atoms with Gasteiger partial charge in [0.15, 0.2) is 6.10 Å². The van der Waals surface area contributed by atoms with Gasteiger partial charge in [0.05, 0.1) is 0 Å². The van der Waals surface area contributed by atoms with E-state index < -0.39 is 30.1 Å². The molecule has 2 aromatic carbocycles. The number of imide groups is 1. The summed E-state index contributed by atoms with van der Waals surface area (Å²) in [5.74, 6) is -0.978. The fourth-order valence-corrected chi connectivity index (χ4v) is 2.10. The van der Waals surface area contributed by atoms with Crippen LogP contribution in [0.2, 0.25) is 0 Å². The van der Waals surface area contributed by atoms with Crippen molar-refractivity contribution in [3.05, 3.63) is 66.2 Å². The highest BCUT2D eigenvalue weighted by atomic mass is 16.6. The molecule has 3 amide bonds. The topological polar surface area (TPSA) is 93.7 Å². The zero-order valence-corrected chi connectivity index (χ0v) is 14.5. The SMILES string of the molecule is CNC(=O)NC(=O)[C@H](OC(=O)[C@@H](C)Oc1ccccc1)c1ccccc1. The van der Waals surface area contributed by atoms with E-state index in [9.17, 15) is 14.4 Å². The lowest BCUT2D eigenvalue weighted by molar-refractivity contribution is -0.162. The maximum atomic E-state index is 12.4. The first-order valence-electron chi connectivity index (χ1n) is 8.01. The minimum Gasteiger partial charge on any atom is -0.479 e. The van der Waals surface area contributed by atoms with Crippen LogP contribution >= 0.6 is 0 Å². The molecule has 0 saturated heterocycles. The van der Waals surface area contributed by atoms with Crippen molar-refractivity contribution in [2.45, 2.75) is 19.1 Å². The molecule has 7 heteroatoms. The molecule has 7 nitrogen and oxygen atoms in total. The molecule has 2 rings (SSSR count). The van der Waals surface area contributed by atoms with Crippen LogP contribution < -0.4 is 15.4 Å². The molecular formula is C19H20N2O5. The van der Waals surface area contributed by atoms with Gasteiger partial charge in [-0.15, -0.1) is 0 Å². The van der Waals surface area contributed by atoms with Crippen molar-refractivity contribution in [2.75, 3.05) is 7.05 Å². The van der Waals surface area contributed by atoms with E-state index >= 15 is 0 Å². The van der Waals surface area contributed by atoms with Crippen molar-refractivity contribution in [3.8, 4) is 5.75 Å². The average Bonchev–Trinajstić information content (AvgIpc) is 2.67. The van der Waals surface area contributed by atoms with Crippen molar-refractivity contribution in [1.82, 2.24) is 10.6 Å². The number of esters is 1. The van der Waals surface area contributed by atoms with E-state index in [1.54, 1.807) is 54.6 Å². The molecular weight excluding hydrogens is 336 g/mol. The molecule has 136 valence electrons. The van der Waals surface area contributed by atoms with Crippen molar-refractivity contribution in [1.29, 1.82) is 0 Å². The zero-order valence-electron chi connectivity index (χ0n) is 14.5. The number of nitrogens with one attached hydrogen (secondary N) is 2. The molecule has 0 aromatic heterocycles. The van der Waals surface area contributed by atoms with Gasteiger partial charge >= 0.3 is 12.0 Å². The van der Waals surface area contributed by atoms with Crippen LogP contribution in [0.4, 0.5) is 4.79 Å². The van der Waals surface area contributed by atoms with Crippen molar-refractivity contribution < 1.29 is 23.9 Å². The Balaban J connectivity index is 2.11. The first-order chi connectivity index (χ1) is 12.5. The Morgan fingerprint density at radius 2 is 1.50 bits per heavy atom. The smallest absolute Gasteiger partial charge is 0.348 e.